The Labute approximate surface area is 130 Å². The molecule has 1 aromatic rings. The molecular weight excluding hydrogens is 291 g/mol. The molecule has 1 saturated carbocycles. The molecule has 2 rings (SSSR count). The van der Waals surface area contributed by atoms with Crippen molar-refractivity contribution in [1.29, 1.82) is 0 Å². The lowest BCUT2D eigenvalue weighted by Crippen LogP contribution is -2.46. The number of halogens is 2. The van der Waals surface area contributed by atoms with E-state index in [1.807, 2.05) is 6.92 Å². The predicted molar refractivity (Wildman–Crippen MR) is 82.7 cm³/mol. The summed E-state index contributed by atoms with van der Waals surface area (Å²) in [5.74, 6) is -0.404. The first kappa shape index (κ1) is 16.2. The number of carbonyl (C=O) groups is 1. The molecule has 116 valence electrons. The van der Waals surface area contributed by atoms with Gasteiger partial charge in [0.2, 0.25) is 5.91 Å². The van der Waals surface area contributed by atoms with Gasteiger partial charge in [0.25, 0.3) is 0 Å². The van der Waals surface area contributed by atoms with E-state index >= 15 is 0 Å². The number of rotatable bonds is 5. The van der Waals surface area contributed by atoms with Crippen LogP contribution in [0.3, 0.4) is 0 Å². The van der Waals surface area contributed by atoms with Crippen molar-refractivity contribution in [3.05, 3.63) is 34.6 Å². The first-order chi connectivity index (χ1) is 10.1. The lowest BCUT2D eigenvalue weighted by Gasteiger charge is -2.24. The molecule has 3 nitrogen and oxygen atoms in total. The van der Waals surface area contributed by atoms with Crippen LogP contribution in [0.1, 0.15) is 44.6 Å². The second kappa shape index (κ2) is 7.76. The van der Waals surface area contributed by atoms with E-state index in [1.54, 1.807) is 12.1 Å². The molecule has 1 fully saturated rings. The number of benzene rings is 1. The van der Waals surface area contributed by atoms with E-state index < -0.39 is 5.82 Å². The summed E-state index contributed by atoms with van der Waals surface area (Å²) < 4.78 is 13.1. The molecule has 0 spiro atoms. The number of hydrogen-bond acceptors (Lipinski definition) is 2. The van der Waals surface area contributed by atoms with E-state index in [2.05, 4.69) is 10.6 Å². The molecule has 1 aliphatic rings. The van der Waals surface area contributed by atoms with Crippen molar-refractivity contribution in [2.75, 3.05) is 0 Å². The van der Waals surface area contributed by atoms with Gasteiger partial charge in [0.1, 0.15) is 5.82 Å². The summed E-state index contributed by atoms with van der Waals surface area (Å²) >= 11 is 5.74. The van der Waals surface area contributed by atoms with Crippen LogP contribution in [0.15, 0.2) is 18.2 Å². The molecule has 2 N–H and O–H groups in total. The summed E-state index contributed by atoms with van der Waals surface area (Å²) in [5, 5.41) is 6.33. The number of carbonyl (C=O) groups excluding carboxylic acids is 1. The van der Waals surface area contributed by atoms with Crippen molar-refractivity contribution in [1.82, 2.24) is 10.6 Å². The van der Waals surface area contributed by atoms with E-state index in [4.69, 9.17) is 11.6 Å². The number of nitrogens with one attached hydrogen (secondary N) is 2. The molecule has 21 heavy (non-hydrogen) atoms. The Hall–Kier alpha value is -1.13. The summed E-state index contributed by atoms with van der Waals surface area (Å²) in [4.78, 5) is 12.1. The average molecular weight is 313 g/mol. The molecule has 0 heterocycles. The molecule has 0 saturated heterocycles. The molecule has 0 bridgehead atoms. The Balaban J connectivity index is 1.78. The second-order valence-corrected chi connectivity index (χ2v) is 6.10. The topological polar surface area (TPSA) is 41.1 Å². The third-order valence-corrected chi connectivity index (χ3v) is 4.23. The molecule has 5 heteroatoms. The molecule has 1 aromatic carbocycles. The highest BCUT2D eigenvalue weighted by Gasteiger charge is 2.19. The first-order valence-electron chi connectivity index (χ1n) is 7.54. The predicted octanol–water partition coefficient (Wildman–Crippen LogP) is 3.41. The van der Waals surface area contributed by atoms with Crippen LogP contribution in [0, 0.1) is 5.82 Å². The maximum absolute atomic E-state index is 13.1. The van der Waals surface area contributed by atoms with Gasteiger partial charge in [-0.05, 0) is 37.5 Å². The van der Waals surface area contributed by atoms with Gasteiger partial charge in [-0.1, -0.05) is 36.9 Å². The van der Waals surface area contributed by atoms with Crippen LogP contribution >= 0.6 is 11.6 Å². The first-order valence-corrected chi connectivity index (χ1v) is 7.92. The molecular formula is C16H22ClFN2O. The maximum atomic E-state index is 13.1. The highest BCUT2D eigenvalue weighted by Crippen LogP contribution is 2.18. The van der Waals surface area contributed by atoms with Crippen molar-refractivity contribution in [3.8, 4) is 0 Å². The highest BCUT2D eigenvalue weighted by molar-refractivity contribution is 6.30. The third-order valence-electron chi connectivity index (χ3n) is 3.94. The van der Waals surface area contributed by atoms with Gasteiger partial charge in [0.15, 0.2) is 0 Å². The molecule has 0 aromatic heterocycles. The van der Waals surface area contributed by atoms with Crippen LogP contribution in [-0.4, -0.2) is 18.0 Å². The zero-order chi connectivity index (χ0) is 15.2. The Morgan fingerprint density at radius 1 is 1.38 bits per heavy atom. The zero-order valence-corrected chi connectivity index (χ0v) is 13.0. The van der Waals surface area contributed by atoms with Gasteiger partial charge in [-0.15, -0.1) is 0 Å². The quantitative estimate of drug-likeness (QED) is 0.875. The van der Waals surface area contributed by atoms with E-state index in [1.165, 1.54) is 25.3 Å². The van der Waals surface area contributed by atoms with Crippen LogP contribution in [0.4, 0.5) is 4.39 Å². The summed E-state index contributed by atoms with van der Waals surface area (Å²) in [7, 11) is 0. The van der Waals surface area contributed by atoms with Gasteiger partial charge in [0.05, 0.1) is 11.1 Å². The largest absolute Gasteiger partial charge is 0.352 e. The highest BCUT2D eigenvalue weighted by atomic mass is 35.5. The molecule has 0 radical (unpaired) electrons. The zero-order valence-electron chi connectivity index (χ0n) is 12.3. The van der Waals surface area contributed by atoms with Crippen LogP contribution in [0.2, 0.25) is 5.02 Å². The van der Waals surface area contributed by atoms with E-state index in [9.17, 15) is 9.18 Å². The van der Waals surface area contributed by atoms with E-state index in [0.717, 1.165) is 18.4 Å². The van der Waals surface area contributed by atoms with Crippen LogP contribution in [0.25, 0.3) is 0 Å². The standard InChI is InChI=1S/C16H22ClFN2O/c1-11(16(21)20-13-5-3-2-4-6-13)19-10-12-7-8-15(18)14(17)9-12/h7-9,11,13,19H,2-6,10H2,1H3,(H,20,21). The minimum atomic E-state index is -0.427. The minimum Gasteiger partial charge on any atom is -0.352 e. The maximum Gasteiger partial charge on any atom is 0.237 e. The normalized spacial score (nSPS) is 17.5. The van der Waals surface area contributed by atoms with Crippen molar-refractivity contribution in [2.24, 2.45) is 0 Å². The monoisotopic (exact) mass is 312 g/mol. The van der Waals surface area contributed by atoms with Crippen molar-refractivity contribution in [3.63, 3.8) is 0 Å². The summed E-state index contributed by atoms with van der Waals surface area (Å²) in [6.07, 6.45) is 5.81. The Morgan fingerprint density at radius 2 is 2.10 bits per heavy atom. The molecule has 1 amide bonds. The second-order valence-electron chi connectivity index (χ2n) is 5.69. The van der Waals surface area contributed by atoms with Crippen LogP contribution in [-0.2, 0) is 11.3 Å². The minimum absolute atomic E-state index is 0.0232. The Bertz CT molecular complexity index is 489. The smallest absolute Gasteiger partial charge is 0.237 e. The Kier molecular flexibility index (Phi) is 6.00. The third kappa shape index (κ3) is 4.97. The molecule has 1 unspecified atom stereocenters. The molecule has 1 atom stereocenters. The summed E-state index contributed by atoms with van der Waals surface area (Å²) in [5.41, 5.74) is 0.860. The van der Waals surface area contributed by atoms with Crippen molar-refractivity contribution in [2.45, 2.75) is 57.7 Å². The SMILES string of the molecule is CC(NCc1ccc(F)c(Cl)c1)C(=O)NC1CCCCC1. The fraction of sp³-hybridized carbons (Fsp3) is 0.562. The fourth-order valence-corrected chi connectivity index (χ4v) is 2.79. The van der Waals surface area contributed by atoms with E-state index in [-0.39, 0.29) is 17.0 Å². The molecule has 1 aliphatic carbocycles. The average Bonchev–Trinajstić information content (AvgIpc) is 2.49. The van der Waals surface area contributed by atoms with Crippen molar-refractivity contribution >= 4 is 17.5 Å². The van der Waals surface area contributed by atoms with Gasteiger partial charge in [-0.2, -0.15) is 0 Å². The van der Waals surface area contributed by atoms with Crippen LogP contribution in [0.5, 0.6) is 0 Å². The van der Waals surface area contributed by atoms with Gasteiger partial charge in [0, 0.05) is 12.6 Å². The number of amides is 1. The van der Waals surface area contributed by atoms with E-state index in [0.29, 0.717) is 12.6 Å². The van der Waals surface area contributed by atoms with Gasteiger partial charge in [-0.25, -0.2) is 4.39 Å². The van der Waals surface area contributed by atoms with Crippen molar-refractivity contribution < 1.29 is 9.18 Å². The lowest BCUT2D eigenvalue weighted by atomic mass is 9.95. The summed E-state index contributed by atoms with van der Waals surface area (Å²) in [6, 6.07) is 4.62. The number of hydrogen-bond donors (Lipinski definition) is 2. The fourth-order valence-electron chi connectivity index (χ4n) is 2.59. The van der Waals surface area contributed by atoms with Crippen LogP contribution < -0.4 is 10.6 Å². The van der Waals surface area contributed by atoms with Gasteiger partial charge in [-0.3, -0.25) is 4.79 Å². The Morgan fingerprint density at radius 3 is 2.76 bits per heavy atom. The van der Waals surface area contributed by atoms with Gasteiger partial charge < -0.3 is 10.6 Å². The molecule has 0 aliphatic heterocycles. The summed E-state index contributed by atoms with van der Waals surface area (Å²) in [6.45, 7) is 2.32. The van der Waals surface area contributed by atoms with Gasteiger partial charge >= 0.3 is 0 Å². The lowest BCUT2D eigenvalue weighted by molar-refractivity contribution is -0.123.